The van der Waals surface area contributed by atoms with Crippen LogP contribution in [0.15, 0.2) is 19.0 Å². The number of methoxy groups -OCH3 is 1. The number of nitriles is 1. The molecule has 10 heteroatoms. The van der Waals surface area contributed by atoms with Crippen molar-refractivity contribution in [2.75, 3.05) is 37.8 Å². The lowest BCUT2D eigenvalue weighted by molar-refractivity contribution is 0.00699. The van der Waals surface area contributed by atoms with E-state index in [2.05, 4.69) is 32.8 Å². The number of benzene rings is 1. The second-order valence-electron chi connectivity index (χ2n) is 9.57. The van der Waals surface area contributed by atoms with Gasteiger partial charge in [0.15, 0.2) is 0 Å². The number of hydrogen-bond acceptors (Lipinski definition) is 8. The van der Waals surface area contributed by atoms with Crippen LogP contribution >= 0.6 is 0 Å². The van der Waals surface area contributed by atoms with Gasteiger partial charge in [-0.15, -0.1) is 0 Å². The first-order valence-corrected chi connectivity index (χ1v) is 11.3. The highest BCUT2D eigenvalue weighted by Crippen LogP contribution is 2.43. The van der Waals surface area contributed by atoms with Crippen LogP contribution < -0.4 is 15.8 Å². The SMILES string of the molecule is C=C(c1c(N)ncnc1NC(C)c1cc(C#N)c(C)c(C2CN(CC(C)(C)O)C2)c1OC)C(F)F. The molecule has 4 N–H and O–H groups in total. The second kappa shape index (κ2) is 10.1. The first kappa shape index (κ1) is 26.3. The standard InChI is InChI=1S/C25H32F2N6O2/c1-13-16(8-28)7-18(21(35-6)19(13)17-9-33(10-17)11-25(4,5)34)15(3)32-24-20(14(2)22(26)27)23(29)30-12-31-24/h7,12,15,17,22,34H,2,9-11H2,1,3-6H3,(H3,29,30,31,32). The van der Waals surface area contributed by atoms with E-state index in [4.69, 9.17) is 10.5 Å². The molecular weight excluding hydrogens is 454 g/mol. The van der Waals surface area contributed by atoms with E-state index in [1.54, 1.807) is 27.0 Å². The molecule has 0 bridgehead atoms. The molecule has 1 aliphatic heterocycles. The summed E-state index contributed by atoms with van der Waals surface area (Å²) in [6.07, 6.45) is -1.63. The summed E-state index contributed by atoms with van der Waals surface area (Å²) in [4.78, 5) is 10.1. The molecule has 0 radical (unpaired) electrons. The number of aliphatic hydroxyl groups is 1. The average molecular weight is 487 g/mol. The summed E-state index contributed by atoms with van der Waals surface area (Å²) in [6, 6.07) is 3.53. The number of allylic oxidation sites excluding steroid dienone is 1. The van der Waals surface area contributed by atoms with Crippen molar-refractivity contribution in [2.45, 2.75) is 51.7 Å². The van der Waals surface area contributed by atoms with Crippen LogP contribution in [0.4, 0.5) is 20.4 Å². The fraction of sp³-hybridized carbons (Fsp3) is 0.480. The van der Waals surface area contributed by atoms with Crippen molar-refractivity contribution in [1.29, 1.82) is 5.26 Å². The van der Waals surface area contributed by atoms with Crippen molar-refractivity contribution in [3.63, 3.8) is 0 Å². The first-order chi connectivity index (χ1) is 16.4. The molecule has 188 valence electrons. The van der Waals surface area contributed by atoms with E-state index in [9.17, 15) is 19.1 Å². The lowest BCUT2D eigenvalue weighted by atomic mass is 9.83. The van der Waals surface area contributed by atoms with Crippen molar-refractivity contribution in [3.05, 3.63) is 46.8 Å². The Morgan fingerprint density at radius 3 is 2.63 bits per heavy atom. The third-order valence-corrected chi connectivity index (χ3v) is 6.20. The predicted octanol–water partition coefficient (Wildman–Crippen LogP) is 3.87. The number of ether oxygens (including phenoxy) is 1. The smallest absolute Gasteiger partial charge is 0.264 e. The van der Waals surface area contributed by atoms with Gasteiger partial charge in [0, 0.05) is 42.3 Å². The van der Waals surface area contributed by atoms with Gasteiger partial charge in [-0.25, -0.2) is 18.7 Å². The van der Waals surface area contributed by atoms with Crippen LogP contribution in [-0.4, -0.2) is 58.7 Å². The molecule has 3 rings (SSSR count). The molecule has 0 spiro atoms. The molecule has 8 nitrogen and oxygen atoms in total. The maximum atomic E-state index is 13.4. The highest BCUT2D eigenvalue weighted by molar-refractivity contribution is 5.81. The van der Waals surface area contributed by atoms with E-state index < -0.39 is 23.6 Å². The van der Waals surface area contributed by atoms with Gasteiger partial charge in [-0.3, -0.25) is 4.90 Å². The monoisotopic (exact) mass is 486 g/mol. The molecular formula is C25H32F2N6O2. The largest absolute Gasteiger partial charge is 0.496 e. The Morgan fingerprint density at radius 1 is 1.43 bits per heavy atom. The van der Waals surface area contributed by atoms with Crippen LogP contribution in [0.5, 0.6) is 5.75 Å². The zero-order valence-electron chi connectivity index (χ0n) is 20.7. The number of aromatic nitrogens is 2. The molecule has 1 aromatic heterocycles. The second-order valence-corrected chi connectivity index (χ2v) is 9.57. The van der Waals surface area contributed by atoms with Gasteiger partial charge in [-0.1, -0.05) is 6.58 Å². The summed E-state index contributed by atoms with van der Waals surface area (Å²) in [5.74, 6) is 0.773. The lowest BCUT2D eigenvalue weighted by Crippen LogP contribution is -2.51. The first-order valence-electron chi connectivity index (χ1n) is 11.3. The Balaban J connectivity index is 1.99. The molecule has 1 atom stereocenters. The van der Waals surface area contributed by atoms with Crippen LogP contribution in [0.2, 0.25) is 0 Å². The third-order valence-electron chi connectivity index (χ3n) is 6.20. The number of halogens is 2. The summed E-state index contributed by atoms with van der Waals surface area (Å²) in [6.45, 7) is 12.7. The van der Waals surface area contributed by atoms with E-state index in [1.165, 1.54) is 6.33 Å². The van der Waals surface area contributed by atoms with E-state index >= 15 is 0 Å². The number of nitrogens with two attached hydrogens (primary N) is 1. The van der Waals surface area contributed by atoms with Crippen LogP contribution in [0, 0.1) is 18.3 Å². The summed E-state index contributed by atoms with van der Waals surface area (Å²) < 4.78 is 32.6. The molecule has 1 unspecified atom stereocenters. The summed E-state index contributed by atoms with van der Waals surface area (Å²) in [7, 11) is 1.57. The Labute approximate surface area is 204 Å². The van der Waals surface area contributed by atoms with Crippen molar-refractivity contribution in [3.8, 4) is 11.8 Å². The quantitative estimate of drug-likeness (QED) is 0.489. The normalized spacial score (nSPS) is 15.4. The molecule has 0 aliphatic carbocycles. The highest BCUT2D eigenvalue weighted by atomic mass is 19.3. The molecule has 2 aromatic rings. The number of hydrogen-bond donors (Lipinski definition) is 3. The van der Waals surface area contributed by atoms with Crippen molar-refractivity contribution < 1.29 is 18.6 Å². The van der Waals surface area contributed by atoms with E-state index in [1.807, 2.05) is 13.8 Å². The molecule has 2 heterocycles. The number of anilines is 2. The van der Waals surface area contributed by atoms with Crippen LogP contribution in [-0.2, 0) is 0 Å². The van der Waals surface area contributed by atoms with Crippen molar-refractivity contribution in [2.24, 2.45) is 0 Å². The van der Waals surface area contributed by atoms with Crippen molar-refractivity contribution >= 4 is 17.2 Å². The minimum absolute atomic E-state index is 0.0394. The summed E-state index contributed by atoms with van der Waals surface area (Å²) in [5.41, 5.74) is 7.51. The number of likely N-dealkylation sites (tertiary alicyclic amines) is 1. The average Bonchev–Trinajstić information content (AvgIpc) is 2.74. The van der Waals surface area contributed by atoms with E-state index in [0.717, 1.165) is 24.2 Å². The number of nitrogens with one attached hydrogen (secondary N) is 1. The number of nitrogen functional groups attached to an aromatic ring is 1. The van der Waals surface area contributed by atoms with Gasteiger partial charge in [0.1, 0.15) is 23.7 Å². The maximum Gasteiger partial charge on any atom is 0.264 e. The van der Waals surface area contributed by atoms with E-state index in [-0.39, 0.29) is 23.1 Å². The van der Waals surface area contributed by atoms with Gasteiger partial charge in [0.25, 0.3) is 6.43 Å². The van der Waals surface area contributed by atoms with Gasteiger partial charge >= 0.3 is 0 Å². The number of rotatable bonds is 9. The molecule has 1 fully saturated rings. The Morgan fingerprint density at radius 2 is 2.09 bits per heavy atom. The molecule has 1 aromatic carbocycles. The van der Waals surface area contributed by atoms with Gasteiger partial charge in [0.05, 0.1) is 35.9 Å². The number of β-amino-alcohol motifs (C(OH)–C–C–N with tert-alkyl or cyclic N) is 1. The number of alkyl halides is 2. The van der Waals surface area contributed by atoms with E-state index in [0.29, 0.717) is 23.4 Å². The highest BCUT2D eigenvalue weighted by Gasteiger charge is 2.36. The van der Waals surface area contributed by atoms with Gasteiger partial charge in [0.2, 0.25) is 0 Å². The van der Waals surface area contributed by atoms with Crippen molar-refractivity contribution in [1.82, 2.24) is 14.9 Å². The Kier molecular flexibility index (Phi) is 7.62. The third kappa shape index (κ3) is 5.52. The van der Waals surface area contributed by atoms with Gasteiger partial charge in [-0.2, -0.15) is 5.26 Å². The minimum Gasteiger partial charge on any atom is -0.496 e. The summed E-state index contributed by atoms with van der Waals surface area (Å²) >= 11 is 0. The molecule has 1 saturated heterocycles. The number of nitrogens with zero attached hydrogens (tertiary/aromatic N) is 4. The van der Waals surface area contributed by atoms with Crippen LogP contribution in [0.3, 0.4) is 0 Å². The fourth-order valence-electron chi connectivity index (χ4n) is 4.60. The zero-order valence-corrected chi connectivity index (χ0v) is 20.7. The maximum absolute atomic E-state index is 13.4. The lowest BCUT2D eigenvalue weighted by Gasteiger charge is -2.43. The Bertz CT molecular complexity index is 1150. The Hall–Kier alpha value is -3.29. The molecule has 0 saturated carbocycles. The molecule has 35 heavy (non-hydrogen) atoms. The summed E-state index contributed by atoms with van der Waals surface area (Å²) in [5, 5.41) is 23.1. The predicted molar refractivity (Wildman–Crippen MR) is 131 cm³/mol. The van der Waals surface area contributed by atoms with Gasteiger partial charge < -0.3 is 20.9 Å². The minimum atomic E-state index is -2.82. The van der Waals surface area contributed by atoms with Crippen LogP contribution in [0.25, 0.3) is 5.57 Å². The van der Waals surface area contributed by atoms with Crippen LogP contribution in [0.1, 0.15) is 60.5 Å². The molecule has 0 amide bonds. The zero-order chi connectivity index (χ0) is 26.1. The molecule has 1 aliphatic rings. The topological polar surface area (TPSA) is 120 Å². The fourth-order valence-corrected chi connectivity index (χ4v) is 4.60. The van der Waals surface area contributed by atoms with Gasteiger partial charge in [-0.05, 0) is 39.3 Å².